The summed E-state index contributed by atoms with van der Waals surface area (Å²) >= 11 is 16.7. The molecule has 1 rings (SSSR count). The van der Waals surface area contributed by atoms with Crippen LogP contribution < -0.4 is 0 Å². The van der Waals surface area contributed by atoms with E-state index < -0.39 is 5.06 Å². The molecular weight excluding hydrogens is 194 g/mol. The third kappa shape index (κ3) is 1.89. The highest BCUT2D eigenvalue weighted by Gasteiger charge is 2.25. The topological polar surface area (TPSA) is 20.2 Å². The number of rotatable bonds is 0. The summed E-state index contributed by atoms with van der Waals surface area (Å²) in [7, 11) is 0. The first-order chi connectivity index (χ1) is 4.51. The largest absolute Gasteiger partial charge is 0.371 e. The molecule has 1 nitrogen and oxygen atoms in total. The molecule has 10 heavy (non-hydrogen) atoms. The molecule has 0 heterocycles. The van der Waals surface area contributed by atoms with Crippen LogP contribution in [0.5, 0.6) is 0 Å². The van der Waals surface area contributed by atoms with Gasteiger partial charge in [0.1, 0.15) is 0 Å². The first kappa shape index (κ1) is 8.41. The first-order valence-electron chi connectivity index (χ1n) is 2.66. The van der Waals surface area contributed by atoms with E-state index in [1.165, 1.54) is 12.2 Å². The molecule has 4 heteroatoms. The zero-order valence-electron chi connectivity index (χ0n) is 4.94. The summed E-state index contributed by atoms with van der Waals surface area (Å²) in [6.45, 7) is 0. The quantitative estimate of drug-likeness (QED) is 0.595. The van der Waals surface area contributed by atoms with Gasteiger partial charge in [-0.25, -0.2) is 0 Å². The Morgan fingerprint density at radius 1 is 1.50 bits per heavy atom. The maximum Gasteiger partial charge on any atom is 0.162 e. The van der Waals surface area contributed by atoms with Gasteiger partial charge in [0.05, 0.1) is 5.03 Å². The highest BCUT2D eigenvalue weighted by atomic mass is 35.5. The van der Waals surface area contributed by atoms with Gasteiger partial charge in [-0.3, -0.25) is 0 Å². The van der Waals surface area contributed by atoms with E-state index >= 15 is 0 Å². The van der Waals surface area contributed by atoms with Crippen LogP contribution in [0.25, 0.3) is 0 Å². The molecule has 0 aromatic heterocycles. The van der Waals surface area contributed by atoms with E-state index in [9.17, 15) is 0 Å². The minimum atomic E-state index is -1.35. The van der Waals surface area contributed by atoms with Gasteiger partial charge in [0.15, 0.2) is 5.06 Å². The molecule has 0 aromatic carbocycles. The van der Waals surface area contributed by atoms with E-state index in [1.807, 2.05) is 0 Å². The Morgan fingerprint density at radius 2 is 2.10 bits per heavy atom. The molecule has 1 aliphatic rings. The lowest BCUT2D eigenvalue weighted by atomic mass is 10.1. The molecule has 1 aliphatic carbocycles. The van der Waals surface area contributed by atoms with Crippen molar-refractivity contribution in [2.45, 2.75) is 11.5 Å². The van der Waals surface area contributed by atoms with Crippen molar-refractivity contribution in [2.75, 3.05) is 0 Å². The molecule has 0 saturated carbocycles. The van der Waals surface area contributed by atoms with Gasteiger partial charge < -0.3 is 5.11 Å². The predicted molar refractivity (Wildman–Crippen MR) is 43.3 cm³/mol. The van der Waals surface area contributed by atoms with Crippen molar-refractivity contribution < 1.29 is 5.11 Å². The van der Waals surface area contributed by atoms with Gasteiger partial charge in [-0.2, -0.15) is 0 Å². The van der Waals surface area contributed by atoms with Crippen molar-refractivity contribution in [3.8, 4) is 0 Å². The molecule has 1 N–H and O–H groups in total. The average molecular weight is 199 g/mol. The first-order valence-corrected chi connectivity index (χ1v) is 3.79. The van der Waals surface area contributed by atoms with E-state index in [-0.39, 0.29) is 6.42 Å². The van der Waals surface area contributed by atoms with Crippen LogP contribution in [0.1, 0.15) is 6.42 Å². The highest BCUT2D eigenvalue weighted by Crippen LogP contribution is 2.33. The lowest BCUT2D eigenvalue weighted by molar-refractivity contribution is 0.180. The average Bonchev–Trinajstić information content (AvgIpc) is 1.79. The number of hydrogen-bond donors (Lipinski definition) is 1. The summed E-state index contributed by atoms with van der Waals surface area (Å²) in [6.07, 6.45) is 3.06. The fourth-order valence-corrected chi connectivity index (χ4v) is 1.31. The van der Waals surface area contributed by atoms with E-state index in [1.54, 1.807) is 0 Å². The van der Waals surface area contributed by atoms with Crippen LogP contribution in [0.4, 0.5) is 0 Å². The van der Waals surface area contributed by atoms with Crippen LogP contribution in [-0.2, 0) is 0 Å². The van der Waals surface area contributed by atoms with Crippen LogP contribution in [0.2, 0.25) is 0 Å². The van der Waals surface area contributed by atoms with Gasteiger partial charge in [0, 0.05) is 11.5 Å². The van der Waals surface area contributed by atoms with Crippen LogP contribution in [0, 0.1) is 0 Å². The van der Waals surface area contributed by atoms with Crippen molar-refractivity contribution in [3.05, 3.63) is 22.2 Å². The number of hydrogen-bond acceptors (Lipinski definition) is 1. The lowest BCUT2D eigenvalue weighted by Crippen LogP contribution is -2.19. The van der Waals surface area contributed by atoms with Crippen LogP contribution >= 0.6 is 34.8 Å². The Balaban J connectivity index is 2.85. The summed E-state index contributed by atoms with van der Waals surface area (Å²) in [5, 5.41) is 8.64. The summed E-state index contributed by atoms with van der Waals surface area (Å²) < 4.78 is 0. The maximum atomic E-state index is 9.16. The molecule has 0 bridgehead atoms. The Bertz CT molecular complexity index is 205. The van der Waals surface area contributed by atoms with E-state index in [0.717, 1.165) is 0 Å². The second-order valence-corrected chi connectivity index (χ2v) is 3.60. The molecule has 0 fully saturated rings. The number of allylic oxidation sites excluding steroid dienone is 2. The monoisotopic (exact) mass is 198 g/mol. The van der Waals surface area contributed by atoms with Gasteiger partial charge in [-0.05, 0) is 12.2 Å². The Labute approximate surface area is 73.9 Å². The van der Waals surface area contributed by atoms with Gasteiger partial charge >= 0.3 is 0 Å². The van der Waals surface area contributed by atoms with Gasteiger partial charge in [0.2, 0.25) is 0 Å². The molecule has 0 aliphatic heterocycles. The van der Waals surface area contributed by atoms with Crippen LogP contribution in [0.3, 0.4) is 0 Å². The number of halogens is 3. The molecule has 0 radical (unpaired) electrons. The number of aliphatic hydroxyl groups is 1. The summed E-state index contributed by atoms with van der Waals surface area (Å²) in [5.74, 6) is 0. The summed E-state index contributed by atoms with van der Waals surface area (Å²) in [4.78, 5) is 0. The third-order valence-corrected chi connectivity index (χ3v) is 2.20. The molecule has 0 saturated heterocycles. The zero-order chi connectivity index (χ0) is 7.78. The minimum Gasteiger partial charge on any atom is -0.371 e. The molecule has 1 unspecified atom stereocenters. The van der Waals surface area contributed by atoms with Gasteiger partial charge in [-0.1, -0.05) is 34.8 Å². The second-order valence-electron chi connectivity index (χ2n) is 2.08. The van der Waals surface area contributed by atoms with Gasteiger partial charge in [-0.15, -0.1) is 0 Å². The van der Waals surface area contributed by atoms with Crippen LogP contribution in [-0.4, -0.2) is 10.2 Å². The van der Waals surface area contributed by atoms with Crippen molar-refractivity contribution in [3.63, 3.8) is 0 Å². The molecule has 1 atom stereocenters. The van der Waals surface area contributed by atoms with Crippen molar-refractivity contribution in [1.29, 1.82) is 0 Å². The molecular formula is C6H5Cl3O. The van der Waals surface area contributed by atoms with Crippen molar-refractivity contribution in [1.82, 2.24) is 0 Å². The zero-order valence-corrected chi connectivity index (χ0v) is 7.21. The van der Waals surface area contributed by atoms with E-state index in [2.05, 4.69) is 0 Å². The highest BCUT2D eigenvalue weighted by molar-refractivity contribution is 6.41. The fraction of sp³-hybridized carbons (Fsp3) is 0.333. The Hall–Kier alpha value is 0.310. The normalized spacial score (nSPS) is 33.2. The standard InChI is InChI=1S/C6H5Cl3O/c7-4-1-2-6(9,10)3-5(4)8/h1-2,10H,3H2. The molecule has 0 amide bonds. The predicted octanol–water partition coefficient (Wildman–Crippen LogP) is 2.56. The number of alkyl halides is 1. The summed E-state index contributed by atoms with van der Waals surface area (Å²) in [5.41, 5.74) is 0. The maximum absolute atomic E-state index is 9.16. The lowest BCUT2D eigenvalue weighted by Gasteiger charge is -2.19. The fourth-order valence-electron chi connectivity index (χ4n) is 0.652. The van der Waals surface area contributed by atoms with Crippen molar-refractivity contribution in [2.24, 2.45) is 0 Å². The smallest absolute Gasteiger partial charge is 0.162 e. The second kappa shape index (κ2) is 2.74. The van der Waals surface area contributed by atoms with E-state index in [0.29, 0.717) is 10.1 Å². The molecule has 0 spiro atoms. The van der Waals surface area contributed by atoms with Crippen LogP contribution in [0.15, 0.2) is 22.2 Å². The van der Waals surface area contributed by atoms with E-state index in [4.69, 9.17) is 39.9 Å². The third-order valence-electron chi connectivity index (χ3n) is 1.15. The Kier molecular flexibility index (Phi) is 2.31. The van der Waals surface area contributed by atoms with Crippen molar-refractivity contribution >= 4 is 34.8 Å². The minimum absolute atomic E-state index is 0.172. The molecule has 0 aromatic rings. The summed E-state index contributed by atoms with van der Waals surface area (Å²) in [6, 6.07) is 0. The Morgan fingerprint density at radius 3 is 2.50 bits per heavy atom. The SMILES string of the molecule is OC1(Cl)C=CC(Cl)=C(Cl)C1. The van der Waals surface area contributed by atoms with Gasteiger partial charge in [0.25, 0.3) is 0 Å². The molecule has 56 valence electrons.